The molecular formula is C25H24N2O6. The Kier molecular flexibility index (Phi) is 6.53. The number of hydrogen-bond donors (Lipinski definition) is 1. The molecule has 2 aromatic carbocycles. The van der Waals surface area contributed by atoms with Crippen LogP contribution in [0.5, 0.6) is 5.75 Å². The Morgan fingerprint density at radius 1 is 1.09 bits per heavy atom. The monoisotopic (exact) mass is 448 g/mol. The van der Waals surface area contributed by atoms with Crippen LogP contribution in [-0.2, 0) is 14.3 Å². The lowest BCUT2D eigenvalue weighted by atomic mass is 9.75. The Labute approximate surface area is 191 Å². The molecule has 1 aliphatic heterocycles. The number of nitro groups is 1. The normalized spacial score (nSPS) is 17.8. The number of hydrogen-bond acceptors (Lipinski definition) is 7. The highest BCUT2D eigenvalue weighted by Crippen LogP contribution is 2.45. The van der Waals surface area contributed by atoms with Gasteiger partial charge in [0.1, 0.15) is 19.0 Å². The number of ether oxygens (including phenoxy) is 2. The molecule has 1 N–H and O–H groups in total. The largest absolute Gasteiger partial charge is 0.490 e. The van der Waals surface area contributed by atoms with Gasteiger partial charge in [-0.25, -0.2) is 4.79 Å². The third-order valence-corrected chi connectivity index (χ3v) is 5.77. The summed E-state index contributed by atoms with van der Waals surface area (Å²) in [7, 11) is 0. The van der Waals surface area contributed by atoms with E-state index in [1.807, 2.05) is 18.2 Å². The van der Waals surface area contributed by atoms with E-state index in [9.17, 15) is 19.7 Å². The van der Waals surface area contributed by atoms with Gasteiger partial charge < -0.3 is 14.8 Å². The zero-order valence-corrected chi connectivity index (χ0v) is 18.2. The van der Waals surface area contributed by atoms with Crippen LogP contribution in [0.15, 0.2) is 77.1 Å². The van der Waals surface area contributed by atoms with Crippen molar-refractivity contribution >= 4 is 17.4 Å². The van der Waals surface area contributed by atoms with Gasteiger partial charge in [0.15, 0.2) is 5.78 Å². The fourth-order valence-electron chi connectivity index (χ4n) is 4.35. The van der Waals surface area contributed by atoms with Crippen molar-refractivity contribution in [3.05, 3.63) is 92.8 Å². The second kappa shape index (κ2) is 9.68. The van der Waals surface area contributed by atoms with Gasteiger partial charge in [0.2, 0.25) is 0 Å². The van der Waals surface area contributed by atoms with Crippen molar-refractivity contribution in [2.45, 2.75) is 32.1 Å². The number of allylic oxidation sites excluding steroid dienone is 3. The van der Waals surface area contributed by atoms with E-state index in [-0.39, 0.29) is 30.3 Å². The predicted molar refractivity (Wildman–Crippen MR) is 120 cm³/mol. The van der Waals surface area contributed by atoms with Crippen molar-refractivity contribution in [3.63, 3.8) is 0 Å². The van der Waals surface area contributed by atoms with Crippen molar-refractivity contribution in [2.24, 2.45) is 0 Å². The molecule has 0 fully saturated rings. The number of Topliss-reactive ketones (excluding diaryl/α,β-unsaturated/α-hetero) is 1. The van der Waals surface area contributed by atoms with Crippen LogP contribution in [0.4, 0.5) is 5.69 Å². The molecule has 0 unspecified atom stereocenters. The minimum Gasteiger partial charge on any atom is -0.490 e. The van der Waals surface area contributed by atoms with E-state index in [0.29, 0.717) is 41.8 Å². The number of carbonyl (C=O) groups is 2. The molecule has 170 valence electrons. The van der Waals surface area contributed by atoms with E-state index in [0.717, 1.165) is 5.70 Å². The Balaban J connectivity index is 1.63. The Bertz CT molecular complexity index is 1150. The number of esters is 1. The first-order valence-electron chi connectivity index (χ1n) is 10.8. The second-order valence-electron chi connectivity index (χ2n) is 7.88. The standard InChI is InChI=1S/C25H24N2O6/c1-16-22(25(29)33-15-14-32-17-8-3-2-4-9-17)23(18-10-5-6-12-20(18)27(30)31)24-19(26-16)11-7-13-21(24)28/h2-6,8-10,12,23,26H,7,11,13-15H2,1H3/t23-/m0/s1. The number of nitro benzene ring substituents is 1. The molecule has 2 aliphatic rings. The molecule has 0 amide bonds. The summed E-state index contributed by atoms with van der Waals surface area (Å²) in [6.45, 7) is 1.87. The van der Waals surface area contributed by atoms with Gasteiger partial charge >= 0.3 is 5.97 Å². The number of carbonyl (C=O) groups excluding carboxylic acids is 2. The van der Waals surface area contributed by atoms with Gasteiger partial charge in [0.25, 0.3) is 5.69 Å². The van der Waals surface area contributed by atoms with Gasteiger partial charge in [-0.3, -0.25) is 14.9 Å². The number of dihydropyridines is 1. The fourth-order valence-corrected chi connectivity index (χ4v) is 4.35. The number of nitrogens with zero attached hydrogens (tertiary/aromatic N) is 1. The molecule has 0 spiro atoms. The van der Waals surface area contributed by atoms with Crippen molar-refractivity contribution in [1.82, 2.24) is 5.32 Å². The summed E-state index contributed by atoms with van der Waals surface area (Å²) in [4.78, 5) is 37.4. The highest BCUT2D eigenvalue weighted by atomic mass is 16.6. The highest BCUT2D eigenvalue weighted by Gasteiger charge is 2.41. The van der Waals surface area contributed by atoms with E-state index in [1.165, 1.54) is 6.07 Å². The predicted octanol–water partition coefficient (Wildman–Crippen LogP) is 4.18. The summed E-state index contributed by atoms with van der Waals surface area (Å²) in [5, 5.41) is 14.9. The average Bonchev–Trinajstić information content (AvgIpc) is 2.81. The molecule has 8 nitrogen and oxygen atoms in total. The van der Waals surface area contributed by atoms with Crippen molar-refractivity contribution in [2.75, 3.05) is 13.2 Å². The molecule has 2 aromatic rings. The SMILES string of the molecule is CC1=C(C(=O)OCCOc2ccccc2)[C@H](c2ccccc2[N+](=O)[O-])C2=C(CCCC2=O)N1. The lowest BCUT2D eigenvalue weighted by Crippen LogP contribution is -2.35. The highest BCUT2D eigenvalue weighted by molar-refractivity contribution is 6.04. The minimum atomic E-state index is -0.863. The number of rotatable bonds is 7. The molecule has 8 heteroatoms. The number of ketones is 1. The Morgan fingerprint density at radius 2 is 1.82 bits per heavy atom. The maximum Gasteiger partial charge on any atom is 0.336 e. The molecule has 1 aliphatic carbocycles. The van der Waals surface area contributed by atoms with Crippen LogP contribution >= 0.6 is 0 Å². The molecule has 1 atom stereocenters. The molecule has 0 bridgehead atoms. The topological polar surface area (TPSA) is 108 Å². The number of para-hydroxylation sites is 2. The molecule has 33 heavy (non-hydrogen) atoms. The summed E-state index contributed by atoms with van der Waals surface area (Å²) in [6, 6.07) is 15.4. The first kappa shape index (κ1) is 22.3. The van der Waals surface area contributed by atoms with E-state index in [2.05, 4.69) is 5.32 Å². The Hall–Kier alpha value is -3.94. The van der Waals surface area contributed by atoms with Crippen LogP contribution in [0.3, 0.4) is 0 Å². The summed E-state index contributed by atoms with van der Waals surface area (Å²) in [5.41, 5.74) is 2.03. The molecule has 1 heterocycles. The van der Waals surface area contributed by atoms with E-state index in [1.54, 1.807) is 37.3 Å². The number of benzene rings is 2. The van der Waals surface area contributed by atoms with Crippen LogP contribution in [0.25, 0.3) is 0 Å². The third-order valence-electron chi connectivity index (χ3n) is 5.77. The van der Waals surface area contributed by atoms with Crippen LogP contribution in [0, 0.1) is 10.1 Å². The van der Waals surface area contributed by atoms with Crippen molar-refractivity contribution < 1.29 is 24.0 Å². The van der Waals surface area contributed by atoms with E-state index in [4.69, 9.17) is 9.47 Å². The van der Waals surface area contributed by atoms with E-state index >= 15 is 0 Å². The van der Waals surface area contributed by atoms with Crippen LogP contribution in [0.1, 0.15) is 37.7 Å². The molecule has 0 radical (unpaired) electrons. The molecule has 0 saturated carbocycles. The van der Waals surface area contributed by atoms with Gasteiger partial charge in [0, 0.05) is 35.0 Å². The zero-order valence-electron chi connectivity index (χ0n) is 18.2. The average molecular weight is 448 g/mol. The van der Waals surface area contributed by atoms with Gasteiger partial charge in [-0.2, -0.15) is 0 Å². The maximum atomic E-state index is 13.2. The lowest BCUT2D eigenvalue weighted by Gasteiger charge is -2.33. The maximum absolute atomic E-state index is 13.2. The minimum absolute atomic E-state index is 0.00599. The Morgan fingerprint density at radius 3 is 2.58 bits per heavy atom. The first-order valence-corrected chi connectivity index (χ1v) is 10.8. The molecule has 4 rings (SSSR count). The van der Waals surface area contributed by atoms with Crippen LogP contribution < -0.4 is 10.1 Å². The molecule has 0 saturated heterocycles. The summed E-state index contributed by atoms with van der Waals surface area (Å²) < 4.78 is 11.0. The fraction of sp³-hybridized carbons (Fsp3) is 0.280. The van der Waals surface area contributed by atoms with Crippen molar-refractivity contribution in [3.8, 4) is 5.75 Å². The second-order valence-corrected chi connectivity index (χ2v) is 7.88. The van der Waals surface area contributed by atoms with Crippen LogP contribution in [-0.4, -0.2) is 29.9 Å². The molecule has 0 aromatic heterocycles. The first-order chi connectivity index (χ1) is 16.0. The van der Waals surface area contributed by atoms with Gasteiger partial charge in [0.05, 0.1) is 16.4 Å². The quantitative estimate of drug-likeness (QED) is 0.293. The van der Waals surface area contributed by atoms with Gasteiger partial charge in [-0.1, -0.05) is 36.4 Å². The van der Waals surface area contributed by atoms with Gasteiger partial charge in [-0.15, -0.1) is 0 Å². The lowest BCUT2D eigenvalue weighted by molar-refractivity contribution is -0.385. The van der Waals surface area contributed by atoms with Crippen molar-refractivity contribution in [1.29, 1.82) is 0 Å². The molecular weight excluding hydrogens is 424 g/mol. The summed E-state index contributed by atoms with van der Waals surface area (Å²) in [5.74, 6) is -0.955. The zero-order chi connectivity index (χ0) is 23.4. The van der Waals surface area contributed by atoms with E-state index < -0.39 is 16.8 Å². The summed E-state index contributed by atoms with van der Waals surface area (Å²) in [6.07, 6.45) is 1.67. The van der Waals surface area contributed by atoms with Gasteiger partial charge in [-0.05, 0) is 31.9 Å². The number of nitrogens with one attached hydrogen (secondary N) is 1. The summed E-state index contributed by atoms with van der Waals surface area (Å²) >= 11 is 0. The third kappa shape index (κ3) is 4.64. The van der Waals surface area contributed by atoms with Crippen LogP contribution in [0.2, 0.25) is 0 Å². The smallest absolute Gasteiger partial charge is 0.336 e.